The van der Waals surface area contributed by atoms with Gasteiger partial charge in [0, 0.05) is 17.6 Å². The summed E-state index contributed by atoms with van der Waals surface area (Å²) in [4.78, 5) is 0. The largest absolute Gasteiger partial charge is 0.343 e. The minimum atomic E-state index is 0.635. The van der Waals surface area contributed by atoms with Crippen LogP contribution in [0.3, 0.4) is 0 Å². The van der Waals surface area contributed by atoms with Gasteiger partial charge in [0.25, 0.3) is 0 Å². The van der Waals surface area contributed by atoms with E-state index in [1.165, 1.54) is 16.6 Å². The van der Waals surface area contributed by atoms with Gasteiger partial charge in [-0.1, -0.05) is 37.6 Å². The number of hydrogen-bond acceptors (Lipinski definition) is 0. The van der Waals surface area contributed by atoms with Gasteiger partial charge in [0.1, 0.15) is 0 Å². The van der Waals surface area contributed by atoms with Crippen LogP contribution in [0, 0.1) is 12.8 Å². The summed E-state index contributed by atoms with van der Waals surface area (Å²) in [7, 11) is 0. The fraction of sp³-hybridized carbons (Fsp3) is 0.385. The third-order valence-corrected chi connectivity index (χ3v) is 2.93. The van der Waals surface area contributed by atoms with Crippen molar-refractivity contribution in [1.82, 2.24) is 4.57 Å². The van der Waals surface area contributed by atoms with Crippen molar-refractivity contribution in [2.75, 3.05) is 0 Å². The summed E-state index contributed by atoms with van der Waals surface area (Å²) in [5.74, 6) is 0.635. The van der Waals surface area contributed by atoms with Crippen LogP contribution in [0.5, 0.6) is 0 Å². The number of nitrogens with zero attached hydrogens (tertiary/aromatic N) is 1. The molecular weight excluding hydrogens is 206 g/mol. The van der Waals surface area contributed by atoms with Crippen molar-refractivity contribution >= 4 is 22.5 Å². The first-order chi connectivity index (χ1) is 7.09. The molecule has 2 rings (SSSR count). The average molecular weight is 222 g/mol. The van der Waals surface area contributed by atoms with Gasteiger partial charge >= 0.3 is 0 Å². The Hall–Kier alpha value is -0.950. The Bertz CT molecular complexity index is 482. The summed E-state index contributed by atoms with van der Waals surface area (Å²) in [5.41, 5.74) is 2.46. The molecule has 0 atom stereocenters. The molecule has 0 aliphatic rings. The molecule has 0 aliphatic heterocycles. The van der Waals surface area contributed by atoms with Gasteiger partial charge < -0.3 is 4.57 Å². The van der Waals surface area contributed by atoms with E-state index in [0.717, 1.165) is 11.6 Å². The molecule has 80 valence electrons. The average Bonchev–Trinajstić information content (AvgIpc) is 2.43. The fourth-order valence-corrected chi connectivity index (χ4v) is 2.30. The van der Waals surface area contributed by atoms with Crippen molar-refractivity contribution in [1.29, 1.82) is 0 Å². The van der Waals surface area contributed by atoms with Gasteiger partial charge in [-0.05, 0) is 25.0 Å². The van der Waals surface area contributed by atoms with E-state index < -0.39 is 0 Å². The maximum absolute atomic E-state index is 6.24. The third kappa shape index (κ3) is 1.89. The van der Waals surface area contributed by atoms with Gasteiger partial charge in [0.2, 0.25) is 0 Å². The molecule has 0 spiro atoms. The van der Waals surface area contributed by atoms with Crippen molar-refractivity contribution < 1.29 is 0 Å². The standard InChI is InChI=1S/C13H16ClN/c1-9(2)8-15-10(3)7-11-5-4-6-12(14)13(11)15/h4-7,9H,8H2,1-3H3. The van der Waals surface area contributed by atoms with Crippen molar-refractivity contribution in [3.63, 3.8) is 0 Å². The van der Waals surface area contributed by atoms with Crippen molar-refractivity contribution in [2.45, 2.75) is 27.3 Å². The van der Waals surface area contributed by atoms with E-state index in [2.05, 4.69) is 37.5 Å². The Balaban J connectivity index is 2.65. The van der Waals surface area contributed by atoms with E-state index in [1.54, 1.807) is 0 Å². The molecule has 0 bridgehead atoms. The molecule has 1 aromatic heterocycles. The highest BCUT2D eigenvalue weighted by molar-refractivity contribution is 6.35. The molecule has 1 heterocycles. The third-order valence-electron chi connectivity index (χ3n) is 2.63. The second-order valence-electron chi connectivity index (χ2n) is 4.47. The van der Waals surface area contributed by atoms with Crippen LogP contribution in [0.15, 0.2) is 24.3 Å². The Kier molecular flexibility index (Phi) is 2.74. The van der Waals surface area contributed by atoms with Crippen LogP contribution >= 0.6 is 11.6 Å². The number of aryl methyl sites for hydroxylation is 1. The predicted molar refractivity (Wildman–Crippen MR) is 66.5 cm³/mol. The van der Waals surface area contributed by atoms with Gasteiger partial charge in [-0.2, -0.15) is 0 Å². The van der Waals surface area contributed by atoms with Crippen LogP contribution in [0.1, 0.15) is 19.5 Å². The number of fused-ring (bicyclic) bond motifs is 1. The smallest absolute Gasteiger partial charge is 0.0671 e. The first-order valence-electron chi connectivity index (χ1n) is 5.34. The van der Waals surface area contributed by atoms with E-state index in [-0.39, 0.29) is 0 Å². The minimum absolute atomic E-state index is 0.635. The molecular formula is C13H16ClN. The van der Waals surface area contributed by atoms with Crippen molar-refractivity contribution in [3.8, 4) is 0 Å². The monoisotopic (exact) mass is 221 g/mol. The summed E-state index contributed by atoms with van der Waals surface area (Å²) in [5, 5.41) is 2.09. The molecule has 1 nitrogen and oxygen atoms in total. The van der Waals surface area contributed by atoms with Gasteiger partial charge in [0.05, 0.1) is 10.5 Å². The summed E-state index contributed by atoms with van der Waals surface area (Å²) < 4.78 is 2.31. The van der Waals surface area contributed by atoms with Crippen LogP contribution in [-0.4, -0.2) is 4.57 Å². The van der Waals surface area contributed by atoms with Crippen molar-refractivity contribution in [3.05, 3.63) is 35.0 Å². The van der Waals surface area contributed by atoms with Crippen LogP contribution in [0.2, 0.25) is 5.02 Å². The lowest BCUT2D eigenvalue weighted by Crippen LogP contribution is -2.05. The van der Waals surface area contributed by atoms with Gasteiger partial charge in [-0.15, -0.1) is 0 Å². The van der Waals surface area contributed by atoms with Crippen molar-refractivity contribution in [2.24, 2.45) is 5.92 Å². The summed E-state index contributed by atoms with van der Waals surface area (Å²) in [6.45, 7) is 7.61. The maximum atomic E-state index is 6.24. The molecule has 0 fully saturated rings. The zero-order chi connectivity index (χ0) is 11.0. The molecule has 1 aromatic carbocycles. The SMILES string of the molecule is Cc1cc2cccc(Cl)c2n1CC(C)C. The van der Waals surface area contributed by atoms with Gasteiger partial charge in [-0.25, -0.2) is 0 Å². The zero-order valence-electron chi connectivity index (χ0n) is 9.42. The number of rotatable bonds is 2. The van der Waals surface area contributed by atoms with Crippen LogP contribution in [0.25, 0.3) is 10.9 Å². The lowest BCUT2D eigenvalue weighted by Gasteiger charge is -2.11. The first kappa shape index (κ1) is 10.6. The highest BCUT2D eigenvalue weighted by Crippen LogP contribution is 2.27. The molecule has 0 N–H and O–H groups in total. The topological polar surface area (TPSA) is 4.93 Å². The van der Waals surface area contributed by atoms with E-state index in [1.807, 2.05) is 12.1 Å². The quantitative estimate of drug-likeness (QED) is 0.714. The lowest BCUT2D eigenvalue weighted by atomic mass is 10.2. The molecule has 0 amide bonds. The minimum Gasteiger partial charge on any atom is -0.343 e. The molecule has 0 radical (unpaired) electrons. The molecule has 0 saturated carbocycles. The fourth-order valence-electron chi connectivity index (χ4n) is 2.01. The second-order valence-corrected chi connectivity index (χ2v) is 4.88. The molecule has 0 unspecified atom stereocenters. The Morgan fingerprint density at radius 3 is 2.73 bits per heavy atom. The summed E-state index contributed by atoms with van der Waals surface area (Å²) in [6.07, 6.45) is 0. The Morgan fingerprint density at radius 1 is 1.33 bits per heavy atom. The van der Waals surface area contributed by atoms with E-state index in [9.17, 15) is 0 Å². The van der Waals surface area contributed by atoms with E-state index >= 15 is 0 Å². The Morgan fingerprint density at radius 2 is 2.07 bits per heavy atom. The molecule has 2 heteroatoms. The van der Waals surface area contributed by atoms with Crippen LogP contribution < -0.4 is 0 Å². The van der Waals surface area contributed by atoms with E-state index in [4.69, 9.17) is 11.6 Å². The normalized spacial score (nSPS) is 11.5. The molecule has 15 heavy (non-hydrogen) atoms. The summed E-state index contributed by atoms with van der Waals surface area (Å²) >= 11 is 6.24. The van der Waals surface area contributed by atoms with Gasteiger partial charge in [0.15, 0.2) is 0 Å². The van der Waals surface area contributed by atoms with E-state index in [0.29, 0.717) is 5.92 Å². The zero-order valence-corrected chi connectivity index (χ0v) is 10.2. The number of hydrogen-bond donors (Lipinski definition) is 0. The maximum Gasteiger partial charge on any atom is 0.0671 e. The predicted octanol–water partition coefficient (Wildman–Crippen LogP) is 4.26. The second kappa shape index (κ2) is 3.90. The molecule has 0 aliphatic carbocycles. The number of benzene rings is 1. The molecule has 0 saturated heterocycles. The number of para-hydroxylation sites is 1. The number of aromatic nitrogens is 1. The Labute approximate surface area is 95.7 Å². The summed E-state index contributed by atoms with van der Waals surface area (Å²) in [6, 6.07) is 8.28. The highest BCUT2D eigenvalue weighted by Gasteiger charge is 2.09. The van der Waals surface area contributed by atoms with Crippen LogP contribution in [0.4, 0.5) is 0 Å². The highest BCUT2D eigenvalue weighted by atomic mass is 35.5. The first-order valence-corrected chi connectivity index (χ1v) is 5.71. The molecule has 2 aromatic rings. The van der Waals surface area contributed by atoms with Crippen LogP contribution in [-0.2, 0) is 6.54 Å². The number of halogens is 1. The lowest BCUT2D eigenvalue weighted by molar-refractivity contribution is 0.528. The van der Waals surface area contributed by atoms with Gasteiger partial charge in [-0.3, -0.25) is 0 Å².